The van der Waals surface area contributed by atoms with Crippen LogP contribution in [0, 0.1) is 6.92 Å². The molecular formula is C16H18N6S. The Morgan fingerprint density at radius 3 is 3.22 bits per heavy atom. The van der Waals surface area contributed by atoms with E-state index in [1.807, 2.05) is 42.9 Å². The summed E-state index contributed by atoms with van der Waals surface area (Å²) in [6.45, 7) is 4.55. The molecule has 3 aromatic heterocycles. The van der Waals surface area contributed by atoms with Gasteiger partial charge < -0.3 is 15.2 Å². The van der Waals surface area contributed by atoms with Crippen LogP contribution in [0.3, 0.4) is 0 Å². The molecule has 118 valence electrons. The smallest absolute Gasteiger partial charge is 0.171 e. The highest BCUT2D eigenvalue weighted by Gasteiger charge is 2.17. The van der Waals surface area contributed by atoms with Crippen LogP contribution in [-0.4, -0.2) is 32.1 Å². The Balaban J connectivity index is 1.57. The molecule has 3 aromatic rings. The van der Waals surface area contributed by atoms with E-state index in [0.717, 1.165) is 47.7 Å². The highest BCUT2D eigenvalue weighted by atomic mass is 32.1. The fourth-order valence-electron chi connectivity index (χ4n) is 2.80. The molecule has 0 aliphatic carbocycles. The monoisotopic (exact) mass is 326 g/mol. The van der Waals surface area contributed by atoms with E-state index in [0.29, 0.717) is 0 Å². The molecular weight excluding hydrogens is 308 g/mol. The van der Waals surface area contributed by atoms with Crippen molar-refractivity contribution in [2.45, 2.75) is 26.1 Å². The fraction of sp³-hybridized carbons (Fsp3) is 0.312. The molecule has 1 aliphatic heterocycles. The number of aromatic nitrogens is 4. The summed E-state index contributed by atoms with van der Waals surface area (Å²) in [6.07, 6.45) is 3.88. The Morgan fingerprint density at radius 2 is 2.35 bits per heavy atom. The molecule has 6 nitrogen and oxygen atoms in total. The lowest BCUT2D eigenvalue weighted by molar-refractivity contribution is 0.578. The van der Waals surface area contributed by atoms with Crippen LogP contribution in [0.4, 0.5) is 5.82 Å². The topological polar surface area (TPSA) is 67.7 Å². The number of imidazole rings is 1. The zero-order chi connectivity index (χ0) is 15.6. The van der Waals surface area contributed by atoms with Gasteiger partial charge in [0, 0.05) is 37.2 Å². The summed E-state index contributed by atoms with van der Waals surface area (Å²) in [5.74, 6) is 2.73. The number of hydrogen-bond acceptors (Lipinski definition) is 6. The molecule has 0 saturated heterocycles. The van der Waals surface area contributed by atoms with E-state index in [9.17, 15) is 0 Å². The Labute approximate surface area is 138 Å². The summed E-state index contributed by atoms with van der Waals surface area (Å²) in [5.41, 5.74) is 0.968. The molecule has 0 radical (unpaired) electrons. The Hall–Kier alpha value is -2.25. The number of thiophene rings is 1. The average molecular weight is 326 g/mol. The maximum absolute atomic E-state index is 4.68. The van der Waals surface area contributed by atoms with Crippen LogP contribution in [0.15, 0.2) is 36.0 Å². The van der Waals surface area contributed by atoms with E-state index < -0.39 is 0 Å². The molecule has 1 unspecified atom stereocenters. The second-order valence-corrected chi connectivity index (χ2v) is 6.61. The van der Waals surface area contributed by atoms with E-state index in [1.165, 1.54) is 0 Å². The summed E-state index contributed by atoms with van der Waals surface area (Å²) in [4.78, 5) is 14.7. The largest absolute Gasteiger partial charge is 0.364 e. The lowest BCUT2D eigenvalue weighted by atomic mass is 10.2. The predicted molar refractivity (Wildman–Crippen MR) is 91.4 cm³/mol. The number of aryl methyl sites for hydroxylation is 1. The summed E-state index contributed by atoms with van der Waals surface area (Å²) < 4.78 is 2.19. The van der Waals surface area contributed by atoms with Crippen LogP contribution in [0.1, 0.15) is 11.5 Å². The van der Waals surface area contributed by atoms with E-state index in [2.05, 4.69) is 30.2 Å². The number of anilines is 1. The SMILES string of the molecule is Cc1cc(NC2CNCc3nccn3C2)nc(-c2cccs2)n1. The second kappa shape index (κ2) is 6.10. The van der Waals surface area contributed by atoms with Crippen molar-refractivity contribution in [2.75, 3.05) is 11.9 Å². The number of nitrogens with zero attached hydrogens (tertiary/aromatic N) is 4. The first kappa shape index (κ1) is 14.3. The third-order valence-corrected chi connectivity index (χ3v) is 4.71. The molecule has 4 rings (SSSR count). The van der Waals surface area contributed by atoms with Crippen LogP contribution in [0.2, 0.25) is 0 Å². The van der Waals surface area contributed by atoms with Gasteiger partial charge in [-0.15, -0.1) is 11.3 Å². The lowest BCUT2D eigenvalue weighted by Crippen LogP contribution is -2.33. The van der Waals surface area contributed by atoms with E-state index in [-0.39, 0.29) is 6.04 Å². The van der Waals surface area contributed by atoms with Gasteiger partial charge in [-0.1, -0.05) is 6.07 Å². The first-order valence-electron chi connectivity index (χ1n) is 7.65. The third kappa shape index (κ3) is 3.11. The van der Waals surface area contributed by atoms with E-state index in [4.69, 9.17) is 0 Å². The van der Waals surface area contributed by atoms with Crippen molar-refractivity contribution in [3.05, 3.63) is 47.5 Å². The summed E-state index contributed by atoms with van der Waals surface area (Å²) in [5, 5.41) is 9.01. The van der Waals surface area contributed by atoms with Crippen LogP contribution < -0.4 is 10.6 Å². The summed E-state index contributed by atoms with van der Waals surface area (Å²) >= 11 is 1.66. The van der Waals surface area contributed by atoms with Crippen LogP contribution in [0.25, 0.3) is 10.7 Å². The molecule has 0 saturated carbocycles. The van der Waals surface area contributed by atoms with E-state index >= 15 is 0 Å². The van der Waals surface area contributed by atoms with Crippen LogP contribution in [-0.2, 0) is 13.1 Å². The van der Waals surface area contributed by atoms with Crippen molar-refractivity contribution in [3.8, 4) is 10.7 Å². The molecule has 0 bridgehead atoms. The highest BCUT2D eigenvalue weighted by molar-refractivity contribution is 7.13. The maximum Gasteiger partial charge on any atom is 0.171 e. The zero-order valence-electron chi connectivity index (χ0n) is 12.9. The second-order valence-electron chi connectivity index (χ2n) is 5.66. The molecule has 7 heteroatoms. The van der Waals surface area contributed by atoms with E-state index in [1.54, 1.807) is 11.3 Å². The van der Waals surface area contributed by atoms with Gasteiger partial charge >= 0.3 is 0 Å². The molecule has 0 fully saturated rings. The van der Waals surface area contributed by atoms with Crippen molar-refractivity contribution in [1.29, 1.82) is 0 Å². The number of rotatable bonds is 3. The molecule has 0 aromatic carbocycles. The molecule has 1 aliphatic rings. The zero-order valence-corrected chi connectivity index (χ0v) is 13.7. The van der Waals surface area contributed by atoms with Gasteiger partial charge in [0.05, 0.1) is 17.5 Å². The summed E-state index contributed by atoms with van der Waals surface area (Å²) in [7, 11) is 0. The van der Waals surface area contributed by atoms with Gasteiger partial charge in [-0.2, -0.15) is 0 Å². The van der Waals surface area contributed by atoms with Gasteiger partial charge in [0.2, 0.25) is 0 Å². The number of hydrogen-bond donors (Lipinski definition) is 2. The predicted octanol–water partition coefficient (Wildman–Crippen LogP) is 2.29. The van der Waals surface area contributed by atoms with Crippen LogP contribution in [0.5, 0.6) is 0 Å². The molecule has 1 atom stereocenters. The van der Waals surface area contributed by atoms with Crippen molar-refractivity contribution in [3.63, 3.8) is 0 Å². The minimum atomic E-state index is 0.260. The molecule has 0 spiro atoms. The van der Waals surface area contributed by atoms with Crippen LogP contribution >= 0.6 is 11.3 Å². The summed E-state index contributed by atoms with van der Waals surface area (Å²) in [6, 6.07) is 6.33. The normalized spacial score (nSPS) is 17.5. The molecule has 2 N–H and O–H groups in total. The fourth-order valence-corrected chi connectivity index (χ4v) is 3.46. The molecule has 0 amide bonds. The van der Waals surface area contributed by atoms with Crippen molar-refractivity contribution in [1.82, 2.24) is 24.8 Å². The van der Waals surface area contributed by atoms with Crippen molar-refractivity contribution < 1.29 is 0 Å². The molecule has 23 heavy (non-hydrogen) atoms. The highest BCUT2D eigenvalue weighted by Crippen LogP contribution is 2.23. The Bertz CT molecular complexity index is 795. The van der Waals surface area contributed by atoms with Crippen molar-refractivity contribution >= 4 is 17.2 Å². The standard InChI is InChI=1S/C16H18N6S/c1-11-7-14(21-16(19-11)13-3-2-6-23-13)20-12-8-17-9-15-18-4-5-22(15)10-12/h2-7,12,17H,8-10H2,1H3,(H,19,20,21). The maximum atomic E-state index is 4.68. The van der Waals surface area contributed by atoms with Gasteiger partial charge in [0.15, 0.2) is 5.82 Å². The minimum Gasteiger partial charge on any atom is -0.364 e. The number of fused-ring (bicyclic) bond motifs is 1. The Morgan fingerprint density at radius 1 is 1.39 bits per heavy atom. The van der Waals surface area contributed by atoms with Gasteiger partial charge in [-0.3, -0.25) is 0 Å². The molecule has 4 heterocycles. The van der Waals surface area contributed by atoms with Gasteiger partial charge in [0.1, 0.15) is 11.6 Å². The Kier molecular flexibility index (Phi) is 3.80. The average Bonchev–Trinajstić information content (AvgIpc) is 3.16. The number of nitrogens with one attached hydrogen (secondary N) is 2. The lowest BCUT2D eigenvalue weighted by Gasteiger charge is -2.18. The first-order chi connectivity index (χ1) is 11.3. The van der Waals surface area contributed by atoms with Gasteiger partial charge in [0.25, 0.3) is 0 Å². The van der Waals surface area contributed by atoms with Gasteiger partial charge in [-0.25, -0.2) is 15.0 Å². The quantitative estimate of drug-likeness (QED) is 0.773. The first-order valence-corrected chi connectivity index (χ1v) is 8.53. The van der Waals surface area contributed by atoms with Gasteiger partial charge in [-0.05, 0) is 18.4 Å². The third-order valence-electron chi connectivity index (χ3n) is 3.84. The van der Waals surface area contributed by atoms with Crippen molar-refractivity contribution in [2.24, 2.45) is 0 Å². The minimum absolute atomic E-state index is 0.260.